The highest BCUT2D eigenvalue weighted by Crippen LogP contribution is 2.35. The van der Waals surface area contributed by atoms with Crippen LogP contribution in [0.25, 0.3) is 0 Å². The van der Waals surface area contributed by atoms with Gasteiger partial charge in [0.25, 0.3) is 11.4 Å². The van der Waals surface area contributed by atoms with Gasteiger partial charge in [-0.15, -0.1) is 0 Å². The van der Waals surface area contributed by atoms with E-state index in [0.29, 0.717) is 4.90 Å². The van der Waals surface area contributed by atoms with Gasteiger partial charge in [0.15, 0.2) is 0 Å². The maximum atomic E-state index is 11.0. The molecule has 1 aromatic rings. The zero-order valence-corrected chi connectivity index (χ0v) is 11.0. The van der Waals surface area contributed by atoms with Crippen molar-refractivity contribution < 1.29 is 9.85 Å². The van der Waals surface area contributed by atoms with E-state index in [0.717, 1.165) is 32.0 Å². The molecule has 8 heteroatoms. The second-order valence-corrected chi connectivity index (χ2v) is 5.39. The van der Waals surface area contributed by atoms with Gasteiger partial charge in [-0.2, -0.15) is 0 Å². The van der Waals surface area contributed by atoms with Crippen LogP contribution < -0.4 is 0 Å². The Labute approximate surface area is 114 Å². The normalized spacial score (nSPS) is 16.2. The van der Waals surface area contributed by atoms with E-state index in [4.69, 9.17) is 0 Å². The molecule has 1 aliphatic rings. The number of nitro groups is 2. The minimum atomic E-state index is -0.623. The van der Waals surface area contributed by atoms with Gasteiger partial charge in [-0.25, -0.2) is 4.31 Å². The van der Waals surface area contributed by atoms with Crippen LogP contribution in [0.4, 0.5) is 11.4 Å². The Balaban J connectivity index is 2.23. The third-order valence-electron chi connectivity index (χ3n) is 2.89. The van der Waals surface area contributed by atoms with Gasteiger partial charge in [-0.05, 0) is 30.9 Å². The van der Waals surface area contributed by atoms with E-state index in [1.165, 1.54) is 30.5 Å². The summed E-state index contributed by atoms with van der Waals surface area (Å²) < 4.78 is 2.07. The van der Waals surface area contributed by atoms with E-state index < -0.39 is 9.85 Å². The number of nitro benzene ring substituents is 2. The lowest BCUT2D eigenvalue weighted by Crippen LogP contribution is -2.22. The first-order chi connectivity index (χ1) is 9.08. The molecule has 1 aliphatic heterocycles. The summed E-state index contributed by atoms with van der Waals surface area (Å²) >= 11 is 1.31. The lowest BCUT2D eigenvalue weighted by molar-refractivity contribution is -0.396. The smallest absolute Gasteiger partial charge is 0.258 e. The number of hydrogen-bond donors (Lipinski definition) is 0. The molecule has 0 N–H and O–H groups in total. The van der Waals surface area contributed by atoms with Crippen molar-refractivity contribution in [2.45, 2.75) is 24.2 Å². The van der Waals surface area contributed by atoms with Crippen molar-refractivity contribution in [1.82, 2.24) is 4.31 Å². The van der Waals surface area contributed by atoms with Gasteiger partial charge < -0.3 is 0 Å². The number of non-ortho nitro benzene ring substituents is 1. The number of benzene rings is 1. The topological polar surface area (TPSA) is 89.5 Å². The third kappa shape index (κ3) is 3.42. The minimum Gasteiger partial charge on any atom is -0.258 e. The number of hydrogen-bond acceptors (Lipinski definition) is 6. The van der Waals surface area contributed by atoms with Gasteiger partial charge >= 0.3 is 0 Å². The van der Waals surface area contributed by atoms with Crippen LogP contribution in [0.15, 0.2) is 23.1 Å². The van der Waals surface area contributed by atoms with Gasteiger partial charge in [0.2, 0.25) is 0 Å². The number of nitrogens with zero attached hydrogens (tertiary/aromatic N) is 3. The highest BCUT2D eigenvalue weighted by atomic mass is 32.2. The van der Waals surface area contributed by atoms with Crippen molar-refractivity contribution in [3.05, 3.63) is 38.4 Å². The van der Waals surface area contributed by atoms with Crippen molar-refractivity contribution in [3.63, 3.8) is 0 Å². The average molecular weight is 283 g/mol. The Morgan fingerprint density at radius 2 is 1.74 bits per heavy atom. The predicted octanol–water partition coefficient (Wildman–Crippen LogP) is 3.00. The van der Waals surface area contributed by atoms with E-state index in [9.17, 15) is 20.2 Å². The summed E-state index contributed by atoms with van der Waals surface area (Å²) in [5, 5.41) is 21.6. The van der Waals surface area contributed by atoms with Crippen LogP contribution in [0.5, 0.6) is 0 Å². The average Bonchev–Trinajstić information content (AvgIpc) is 2.39. The van der Waals surface area contributed by atoms with Gasteiger partial charge in [0.1, 0.15) is 4.90 Å². The standard InChI is InChI=1S/C11H13N3O4S/c15-13(16)9-4-5-11(10(8-9)14(17)18)19-12-6-2-1-3-7-12/h4-5,8H,1-3,6-7H2. The van der Waals surface area contributed by atoms with E-state index in [1.807, 2.05) is 0 Å². The van der Waals surface area contributed by atoms with Crippen molar-refractivity contribution in [2.24, 2.45) is 0 Å². The molecule has 1 fully saturated rings. The Hall–Kier alpha value is -1.67. The maximum Gasteiger partial charge on any atom is 0.291 e. The molecule has 19 heavy (non-hydrogen) atoms. The SMILES string of the molecule is O=[N+]([O-])c1ccc(SN2CCCCC2)c([N+](=O)[O-])c1. The summed E-state index contributed by atoms with van der Waals surface area (Å²) in [7, 11) is 0. The third-order valence-corrected chi connectivity index (χ3v) is 4.06. The fourth-order valence-corrected chi connectivity index (χ4v) is 3.01. The molecule has 0 radical (unpaired) electrons. The first-order valence-corrected chi connectivity index (χ1v) is 6.71. The van der Waals surface area contributed by atoms with Gasteiger partial charge in [0, 0.05) is 19.2 Å². The van der Waals surface area contributed by atoms with Crippen molar-refractivity contribution in [2.75, 3.05) is 13.1 Å². The van der Waals surface area contributed by atoms with Crippen molar-refractivity contribution in [3.8, 4) is 0 Å². The van der Waals surface area contributed by atoms with Gasteiger partial charge in [-0.3, -0.25) is 20.2 Å². The molecule has 102 valence electrons. The van der Waals surface area contributed by atoms with Gasteiger partial charge in [0.05, 0.1) is 15.9 Å². The van der Waals surface area contributed by atoms with Crippen LogP contribution in [0, 0.1) is 20.2 Å². The van der Waals surface area contributed by atoms with Crippen LogP contribution in [0.3, 0.4) is 0 Å². The molecule has 0 spiro atoms. The Morgan fingerprint density at radius 3 is 2.32 bits per heavy atom. The molecule has 2 rings (SSSR count). The van der Waals surface area contributed by atoms with Crippen LogP contribution in [-0.2, 0) is 0 Å². The molecule has 7 nitrogen and oxygen atoms in total. The Bertz CT molecular complexity index is 503. The monoisotopic (exact) mass is 283 g/mol. The molecular weight excluding hydrogens is 270 g/mol. The summed E-state index contributed by atoms with van der Waals surface area (Å²) in [5.41, 5.74) is -0.459. The van der Waals surface area contributed by atoms with E-state index >= 15 is 0 Å². The molecule has 1 aromatic carbocycles. The second kappa shape index (κ2) is 5.98. The molecule has 1 saturated heterocycles. The van der Waals surface area contributed by atoms with Crippen molar-refractivity contribution in [1.29, 1.82) is 0 Å². The summed E-state index contributed by atoms with van der Waals surface area (Å²) in [4.78, 5) is 20.9. The summed E-state index contributed by atoms with van der Waals surface area (Å²) in [6.45, 7) is 1.78. The van der Waals surface area contributed by atoms with Gasteiger partial charge in [-0.1, -0.05) is 6.42 Å². The molecule has 0 saturated carbocycles. The van der Waals surface area contributed by atoms with E-state index in [1.54, 1.807) is 0 Å². The maximum absolute atomic E-state index is 11.0. The summed E-state index contributed by atoms with van der Waals surface area (Å²) in [6.07, 6.45) is 3.33. The van der Waals surface area contributed by atoms with E-state index in [2.05, 4.69) is 4.31 Å². The lowest BCUT2D eigenvalue weighted by Gasteiger charge is -2.24. The lowest BCUT2D eigenvalue weighted by atomic mass is 10.2. The highest BCUT2D eigenvalue weighted by molar-refractivity contribution is 7.97. The fraction of sp³-hybridized carbons (Fsp3) is 0.455. The van der Waals surface area contributed by atoms with Crippen molar-refractivity contribution >= 4 is 23.3 Å². The first kappa shape index (κ1) is 13.8. The van der Waals surface area contributed by atoms with Crippen LogP contribution in [0.1, 0.15) is 19.3 Å². The molecule has 0 bridgehead atoms. The minimum absolute atomic E-state index is 0.204. The number of rotatable bonds is 4. The molecule has 0 amide bonds. The Kier molecular flexibility index (Phi) is 4.33. The zero-order valence-electron chi connectivity index (χ0n) is 10.2. The van der Waals surface area contributed by atoms with Crippen LogP contribution in [0.2, 0.25) is 0 Å². The zero-order chi connectivity index (χ0) is 13.8. The molecular formula is C11H13N3O4S. The molecule has 1 heterocycles. The second-order valence-electron chi connectivity index (χ2n) is 4.25. The van der Waals surface area contributed by atoms with Crippen LogP contribution in [-0.4, -0.2) is 27.2 Å². The fourth-order valence-electron chi connectivity index (χ4n) is 1.93. The highest BCUT2D eigenvalue weighted by Gasteiger charge is 2.22. The first-order valence-electron chi connectivity index (χ1n) is 5.93. The molecule has 0 aromatic heterocycles. The predicted molar refractivity (Wildman–Crippen MR) is 71.0 cm³/mol. The quantitative estimate of drug-likeness (QED) is 0.479. The Morgan fingerprint density at radius 1 is 1.05 bits per heavy atom. The van der Waals surface area contributed by atoms with E-state index in [-0.39, 0.29) is 11.4 Å². The largest absolute Gasteiger partial charge is 0.291 e. The molecule has 0 aliphatic carbocycles. The molecule has 0 unspecified atom stereocenters. The summed E-state index contributed by atoms with van der Waals surface area (Å²) in [5.74, 6) is 0. The summed E-state index contributed by atoms with van der Waals surface area (Å²) in [6, 6.07) is 3.78. The number of piperidine rings is 1. The molecule has 0 atom stereocenters. The van der Waals surface area contributed by atoms with Crippen LogP contribution >= 0.6 is 11.9 Å².